The molecule has 0 fully saturated rings. The van der Waals surface area contributed by atoms with Crippen molar-refractivity contribution in [3.05, 3.63) is 130 Å². The molecule has 1 N–H and O–H groups in total. The number of amides is 2. The third kappa shape index (κ3) is 8.88. The van der Waals surface area contributed by atoms with Gasteiger partial charge in [-0.1, -0.05) is 74.5 Å². The monoisotopic (exact) mass is 727 g/mol. The van der Waals surface area contributed by atoms with Gasteiger partial charge < -0.3 is 10.2 Å². The second-order valence-corrected chi connectivity index (χ2v) is 13.9. The first-order valence-electron chi connectivity index (χ1n) is 14.2. The molecule has 0 aromatic heterocycles. The van der Waals surface area contributed by atoms with Crippen LogP contribution in [0.4, 0.5) is 10.1 Å². The number of benzene rings is 4. The number of sulfonamides is 1. The summed E-state index contributed by atoms with van der Waals surface area (Å²) in [6, 6.07) is 28.8. The number of nitrogens with one attached hydrogen (secondary N) is 1. The molecule has 0 saturated carbocycles. The predicted molar refractivity (Wildman–Crippen MR) is 179 cm³/mol. The maximum absolute atomic E-state index is 14.4. The molecule has 0 aliphatic heterocycles. The van der Waals surface area contributed by atoms with Crippen LogP contribution in [0.15, 0.2) is 114 Å². The molecule has 0 spiro atoms. The number of hydrogen-bond donors (Lipinski definition) is 1. The van der Waals surface area contributed by atoms with Crippen molar-refractivity contribution < 1.29 is 22.4 Å². The average Bonchev–Trinajstić information content (AvgIpc) is 3.02. The van der Waals surface area contributed by atoms with Gasteiger partial charge in [-0.15, -0.1) is 0 Å². The maximum atomic E-state index is 14.4. The molecular weight excluding hydrogens is 692 g/mol. The van der Waals surface area contributed by atoms with Crippen molar-refractivity contribution in [1.82, 2.24) is 10.2 Å². The van der Waals surface area contributed by atoms with Gasteiger partial charge in [-0.25, -0.2) is 12.8 Å². The Labute approximate surface area is 272 Å². The largest absolute Gasteiger partial charge is 0.354 e. The van der Waals surface area contributed by atoms with Crippen LogP contribution >= 0.6 is 22.6 Å². The van der Waals surface area contributed by atoms with Crippen LogP contribution in [-0.4, -0.2) is 44.3 Å². The molecule has 0 radical (unpaired) electrons. The van der Waals surface area contributed by atoms with E-state index in [1.165, 1.54) is 29.2 Å². The first-order valence-corrected chi connectivity index (χ1v) is 16.8. The highest BCUT2D eigenvalue weighted by molar-refractivity contribution is 14.1. The lowest BCUT2D eigenvalue weighted by Crippen LogP contribution is -2.53. The lowest BCUT2D eigenvalue weighted by molar-refractivity contribution is -0.140. The molecule has 0 saturated heterocycles. The first kappa shape index (κ1) is 33.1. The van der Waals surface area contributed by atoms with Gasteiger partial charge in [-0.2, -0.15) is 0 Å². The summed E-state index contributed by atoms with van der Waals surface area (Å²) in [4.78, 5) is 29.6. The molecule has 230 valence electrons. The Balaban J connectivity index is 1.78. The van der Waals surface area contributed by atoms with E-state index in [0.29, 0.717) is 17.8 Å². The third-order valence-corrected chi connectivity index (χ3v) is 9.45. The minimum Gasteiger partial charge on any atom is -0.354 e. The molecular formula is C34H35FIN3O4S. The molecule has 4 aromatic carbocycles. The molecule has 1 atom stereocenters. The van der Waals surface area contributed by atoms with Gasteiger partial charge in [0.25, 0.3) is 10.0 Å². The van der Waals surface area contributed by atoms with Gasteiger partial charge in [-0.3, -0.25) is 13.9 Å². The standard InChI is InChI=1S/C34H35FIN3O4S/c1-25(2)22-37-34(41)32(21-26-9-5-3-6-10-26)38(23-27-13-15-28(35)16-14-27)33(40)24-39(30-19-17-29(36)18-20-30)44(42,43)31-11-7-4-8-12-31/h3-20,25,32H,21-24H2,1-2H3,(H,37,41)/t32-/m1/s1. The van der Waals surface area contributed by atoms with Crippen molar-refractivity contribution in [2.45, 2.75) is 37.8 Å². The Morgan fingerprint density at radius 2 is 1.41 bits per heavy atom. The topological polar surface area (TPSA) is 86.8 Å². The summed E-state index contributed by atoms with van der Waals surface area (Å²) in [5.41, 5.74) is 1.75. The normalized spacial score (nSPS) is 12.0. The zero-order valence-corrected chi connectivity index (χ0v) is 27.5. The van der Waals surface area contributed by atoms with E-state index in [2.05, 4.69) is 27.9 Å². The summed E-state index contributed by atoms with van der Waals surface area (Å²) in [6.45, 7) is 3.77. The van der Waals surface area contributed by atoms with Crippen LogP contribution in [-0.2, 0) is 32.6 Å². The highest BCUT2D eigenvalue weighted by Crippen LogP contribution is 2.26. The van der Waals surface area contributed by atoms with Crippen LogP contribution in [0, 0.1) is 15.3 Å². The molecule has 44 heavy (non-hydrogen) atoms. The van der Waals surface area contributed by atoms with E-state index in [1.54, 1.807) is 54.6 Å². The molecule has 7 nitrogen and oxygen atoms in total. The fourth-order valence-corrected chi connectivity index (χ4v) is 6.41. The zero-order chi connectivity index (χ0) is 31.7. The van der Waals surface area contributed by atoms with Crippen LogP contribution in [0.5, 0.6) is 0 Å². The summed E-state index contributed by atoms with van der Waals surface area (Å²) in [6.07, 6.45) is 0.201. The molecule has 0 aliphatic rings. The quantitative estimate of drug-likeness (QED) is 0.170. The highest BCUT2D eigenvalue weighted by atomic mass is 127. The molecule has 2 amide bonds. The van der Waals surface area contributed by atoms with Gasteiger partial charge >= 0.3 is 0 Å². The Morgan fingerprint density at radius 1 is 0.818 bits per heavy atom. The minimum absolute atomic E-state index is 0.0301. The van der Waals surface area contributed by atoms with Gasteiger partial charge in [0.1, 0.15) is 18.4 Å². The second kappa shape index (κ2) is 15.3. The summed E-state index contributed by atoms with van der Waals surface area (Å²) in [7, 11) is -4.17. The molecule has 4 rings (SSSR count). The molecule has 0 bridgehead atoms. The van der Waals surface area contributed by atoms with Crippen molar-refractivity contribution in [2.75, 3.05) is 17.4 Å². The van der Waals surface area contributed by atoms with E-state index in [1.807, 2.05) is 44.2 Å². The molecule has 0 heterocycles. The minimum atomic E-state index is -4.17. The summed E-state index contributed by atoms with van der Waals surface area (Å²) in [5.74, 6) is -1.19. The van der Waals surface area contributed by atoms with Crippen LogP contribution < -0.4 is 9.62 Å². The predicted octanol–water partition coefficient (Wildman–Crippen LogP) is 6.04. The van der Waals surface area contributed by atoms with E-state index in [9.17, 15) is 22.4 Å². The Kier molecular flexibility index (Phi) is 11.5. The molecule has 0 unspecified atom stereocenters. The summed E-state index contributed by atoms with van der Waals surface area (Å²) < 4.78 is 43.7. The lowest BCUT2D eigenvalue weighted by Gasteiger charge is -2.34. The van der Waals surface area contributed by atoms with Gasteiger partial charge in [0.2, 0.25) is 11.8 Å². The molecule has 0 aliphatic carbocycles. The van der Waals surface area contributed by atoms with E-state index < -0.39 is 34.3 Å². The fraction of sp³-hybridized carbons (Fsp3) is 0.235. The van der Waals surface area contributed by atoms with E-state index in [4.69, 9.17) is 0 Å². The van der Waals surface area contributed by atoms with Crippen LogP contribution in [0.1, 0.15) is 25.0 Å². The van der Waals surface area contributed by atoms with Gasteiger partial charge in [0, 0.05) is 23.1 Å². The lowest BCUT2D eigenvalue weighted by atomic mass is 10.0. The maximum Gasteiger partial charge on any atom is 0.264 e. The van der Waals surface area contributed by atoms with Crippen molar-refractivity contribution in [1.29, 1.82) is 0 Å². The fourth-order valence-electron chi connectivity index (χ4n) is 4.62. The van der Waals surface area contributed by atoms with Crippen molar-refractivity contribution in [3.8, 4) is 0 Å². The van der Waals surface area contributed by atoms with E-state index in [0.717, 1.165) is 13.4 Å². The Hall–Kier alpha value is -3.77. The number of nitrogens with zero attached hydrogens (tertiary/aromatic N) is 2. The SMILES string of the molecule is CC(C)CNC(=O)[C@@H](Cc1ccccc1)N(Cc1ccc(F)cc1)C(=O)CN(c1ccc(I)cc1)S(=O)(=O)c1ccccc1. The van der Waals surface area contributed by atoms with E-state index >= 15 is 0 Å². The highest BCUT2D eigenvalue weighted by Gasteiger charge is 2.34. The van der Waals surface area contributed by atoms with Gasteiger partial charge in [-0.05, 0) is 88.2 Å². The summed E-state index contributed by atoms with van der Waals surface area (Å²) >= 11 is 2.13. The van der Waals surface area contributed by atoms with Crippen molar-refractivity contribution in [2.24, 2.45) is 5.92 Å². The number of halogens is 2. The summed E-state index contributed by atoms with van der Waals surface area (Å²) in [5, 5.41) is 2.95. The van der Waals surface area contributed by atoms with Crippen molar-refractivity contribution >= 4 is 50.1 Å². The van der Waals surface area contributed by atoms with Gasteiger partial charge in [0.15, 0.2) is 0 Å². The number of carbonyl (C=O) groups is 2. The molecule has 10 heteroatoms. The van der Waals surface area contributed by atoms with Crippen molar-refractivity contribution in [3.63, 3.8) is 0 Å². The Morgan fingerprint density at radius 3 is 2.00 bits per heavy atom. The Bertz CT molecular complexity index is 1640. The van der Waals surface area contributed by atoms with E-state index in [-0.39, 0.29) is 29.7 Å². The molecule has 4 aromatic rings. The number of rotatable bonds is 13. The van der Waals surface area contributed by atoms with Crippen LogP contribution in [0.25, 0.3) is 0 Å². The number of anilines is 1. The third-order valence-electron chi connectivity index (χ3n) is 6.95. The smallest absolute Gasteiger partial charge is 0.264 e. The van der Waals surface area contributed by atoms with Gasteiger partial charge in [0.05, 0.1) is 10.6 Å². The van der Waals surface area contributed by atoms with Crippen LogP contribution in [0.2, 0.25) is 0 Å². The first-order chi connectivity index (χ1) is 21.0. The van der Waals surface area contributed by atoms with Crippen LogP contribution in [0.3, 0.4) is 0 Å². The number of hydrogen-bond acceptors (Lipinski definition) is 4. The zero-order valence-electron chi connectivity index (χ0n) is 24.6. The number of carbonyl (C=O) groups excluding carboxylic acids is 2. The average molecular weight is 728 g/mol. The second-order valence-electron chi connectivity index (χ2n) is 10.8.